The van der Waals surface area contributed by atoms with Crippen LogP contribution in [0, 0.1) is 22.7 Å². The average Bonchev–Trinajstić information content (AvgIpc) is 3.10. The number of hydrogen-bond donors (Lipinski definition) is 2. The van der Waals surface area contributed by atoms with Crippen molar-refractivity contribution in [2.24, 2.45) is 17.3 Å². The van der Waals surface area contributed by atoms with Gasteiger partial charge in [0.2, 0.25) is 5.91 Å². The largest absolute Gasteiger partial charge is 0.356 e. The zero-order chi connectivity index (χ0) is 13.5. The van der Waals surface area contributed by atoms with Crippen LogP contribution in [0.5, 0.6) is 0 Å². The second-order valence-corrected chi connectivity index (χ2v) is 6.33. The molecule has 3 heteroatoms. The standard InChI is InChI=1S/C15H22N2O/c1-9(18)17-6-5-10-7-11(10)14(16)12-8-13(12)15(2,3)4/h7-8,11,13,16H,5-6H2,1-4H3,(H,17,18). The second-order valence-electron chi connectivity index (χ2n) is 6.33. The molecular weight excluding hydrogens is 224 g/mol. The highest BCUT2D eigenvalue weighted by Gasteiger charge is 2.42. The van der Waals surface area contributed by atoms with E-state index >= 15 is 0 Å². The predicted octanol–water partition coefficient (Wildman–Crippen LogP) is 2.69. The third kappa shape index (κ3) is 2.89. The first-order valence-corrected chi connectivity index (χ1v) is 6.56. The fourth-order valence-corrected chi connectivity index (χ4v) is 2.34. The molecule has 2 aliphatic carbocycles. The van der Waals surface area contributed by atoms with Gasteiger partial charge in [-0.15, -0.1) is 0 Å². The number of rotatable bonds is 5. The van der Waals surface area contributed by atoms with Crippen molar-refractivity contribution in [3.8, 4) is 0 Å². The van der Waals surface area contributed by atoms with Gasteiger partial charge in [0.15, 0.2) is 0 Å². The smallest absolute Gasteiger partial charge is 0.216 e. The van der Waals surface area contributed by atoms with E-state index in [9.17, 15) is 4.79 Å². The molecule has 0 radical (unpaired) electrons. The van der Waals surface area contributed by atoms with Crippen LogP contribution >= 0.6 is 0 Å². The highest BCUT2D eigenvalue weighted by Crippen LogP contribution is 2.48. The van der Waals surface area contributed by atoms with Crippen LogP contribution in [0.2, 0.25) is 0 Å². The number of hydrogen-bond acceptors (Lipinski definition) is 2. The summed E-state index contributed by atoms with van der Waals surface area (Å²) in [4.78, 5) is 10.8. The van der Waals surface area contributed by atoms with E-state index in [0.29, 0.717) is 12.5 Å². The summed E-state index contributed by atoms with van der Waals surface area (Å²) in [6, 6.07) is 0. The maximum Gasteiger partial charge on any atom is 0.216 e. The molecule has 98 valence electrons. The molecule has 0 aromatic rings. The average molecular weight is 246 g/mol. The summed E-state index contributed by atoms with van der Waals surface area (Å²) in [5.74, 6) is 0.744. The number of nitrogens with one attached hydrogen (secondary N) is 2. The van der Waals surface area contributed by atoms with E-state index in [1.165, 1.54) is 18.1 Å². The van der Waals surface area contributed by atoms with Gasteiger partial charge in [0.25, 0.3) is 0 Å². The van der Waals surface area contributed by atoms with Crippen molar-refractivity contribution in [2.75, 3.05) is 6.54 Å². The lowest BCUT2D eigenvalue weighted by Gasteiger charge is -2.19. The fourth-order valence-electron chi connectivity index (χ4n) is 2.34. The first-order chi connectivity index (χ1) is 8.30. The molecule has 0 aliphatic heterocycles. The summed E-state index contributed by atoms with van der Waals surface area (Å²) in [6.45, 7) is 8.86. The highest BCUT2D eigenvalue weighted by atomic mass is 16.1. The molecule has 2 aliphatic rings. The molecule has 0 aromatic carbocycles. The SMILES string of the molecule is CC(=O)NCCC1=CC1C(=N)C1=CC1C(C)(C)C. The fraction of sp³-hybridized carbons (Fsp3) is 0.600. The zero-order valence-corrected chi connectivity index (χ0v) is 11.6. The van der Waals surface area contributed by atoms with Crippen molar-refractivity contribution in [3.05, 3.63) is 23.3 Å². The minimum Gasteiger partial charge on any atom is -0.356 e. The molecule has 2 N–H and O–H groups in total. The Hall–Kier alpha value is -1.38. The van der Waals surface area contributed by atoms with Crippen LogP contribution in [0.4, 0.5) is 0 Å². The van der Waals surface area contributed by atoms with Crippen LogP contribution < -0.4 is 5.32 Å². The van der Waals surface area contributed by atoms with Gasteiger partial charge in [-0.05, 0) is 17.4 Å². The third-order valence-electron chi connectivity index (χ3n) is 3.59. The predicted molar refractivity (Wildman–Crippen MR) is 73.6 cm³/mol. The number of carbonyl (C=O) groups is 1. The highest BCUT2D eigenvalue weighted by molar-refractivity contribution is 6.08. The van der Waals surface area contributed by atoms with Crippen LogP contribution in [-0.4, -0.2) is 18.2 Å². The van der Waals surface area contributed by atoms with Gasteiger partial charge in [0.1, 0.15) is 0 Å². The number of carbonyl (C=O) groups excluding carboxylic acids is 1. The van der Waals surface area contributed by atoms with E-state index in [0.717, 1.165) is 12.1 Å². The first kappa shape index (κ1) is 13.1. The lowest BCUT2D eigenvalue weighted by atomic mass is 9.85. The van der Waals surface area contributed by atoms with Crippen LogP contribution in [0.3, 0.4) is 0 Å². The zero-order valence-electron chi connectivity index (χ0n) is 11.6. The van der Waals surface area contributed by atoms with Gasteiger partial charge in [0.05, 0.1) is 0 Å². The number of amides is 1. The van der Waals surface area contributed by atoms with Crippen LogP contribution in [0.15, 0.2) is 23.3 Å². The molecule has 0 aromatic heterocycles. The molecule has 2 unspecified atom stereocenters. The molecule has 0 bridgehead atoms. The molecule has 2 atom stereocenters. The summed E-state index contributed by atoms with van der Waals surface area (Å²) >= 11 is 0. The first-order valence-electron chi connectivity index (χ1n) is 6.56. The van der Waals surface area contributed by atoms with Crippen molar-refractivity contribution in [3.63, 3.8) is 0 Å². The van der Waals surface area contributed by atoms with Crippen LogP contribution in [0.1, 0.15) is 34.1 Å². The van der Waals surface area contributed by atoms with Crippen molar-refractivity contribution in [1.29, 1.82) is 5.41 Å². The lowest BCUT2D eigenvalue weighted by Crippen LogP contribution is -2.21. The normalized spacial score (nSPS) is 25.1. The quantitative estimate of drug-likeness (QED) is 0.568. The molecule has 0 saturated heterocycles. The Bertz CT molecular complexity index is 452. The maximum atomic E-state index is 10.8. The Labute approximate surface area is 109 Å². The molecule has 0 fully saturated rings. The summed E-state index contributed by atoms with van der Waals surface area (Å²) in [6.07, 6.45) is 5.23. The van der Waals surface area contributed by atoms with E-state index in [4.69, 9.17) is 5.41 Å². The number of allylic oxidation sites excluding steroid dienone is 3. The summed E-state index contributed by atoms with van der Waals surface area (Å²) in [5.41, 5.74) is 3.53. The van der Waals surface area contributed by atoms with Gasteiger partial charge >= 0.3 is 0 Å². The molecule has 0 spiro atoms. The Morgan fingerprint density at radius 3 is 2.56 bits per heavy atom. The Kier molecular flexibility index (Phi) is 3.18. The third-order valence-corrected chi connectivity index (χ3v) is 3.59. The molecule has 18 heavy (non-hydrogen) atoms. The minimum atomic E-state index is 0.0144. The van der Waals surface area contributed by atoms with Gasteiger partial charge in [-0.1, -0.05) is 38.5 Å². The lowest BCUT2D eigenvalue weighted by molar-refractivity contribution is -0.118. The van der Waals surface area contributed by atoms with Crippen molar-refractivity contribution < 1.29 is 4.79 Å². The van der Waals surface area contributed by atoms with Gasteiger partial charge in [-0.2, -0.15) is 0 Å². The Balaban J connectivity index is 1.72. The van der Waals surface area contributed by atoms with Crippen LogP contribution in [0.25, 0.3) is 0 Å². The molecule has 2 rings (SSSR count). The minimum absolute atomic E-state index is 0.0144. The van der Waals surface area contributed by atoms with E-state index in [1.807, 2.05) is 0 Å². The van der Waals surface area contributed by atoms with E-state index in [1.54, 1.807) is 0 Å². The summed E-state index contributed by atoms with van der Waals surface area (Å²) in [7, 11) is 0. The van der Waals surface area contributed by atoms with E-state index in [2.05, 4.69) is 38.2 Å². The van der Waals surface area contributed by atoms with Crippen molar-refractivity contribution >= 4 is 11.6 Å². The molecule has 3 nitrogen and oxygen atoms in total. The van der Waals surface area contributed by atoms with Gasteiger partial charge in [0, 0.05) is 31.0 Å². The summed E-state index contributed by atoms with van der Waals surface area (Å²) < 4.78 is 0. The molecule has 1 amide bonds. The molecule has 0 saturated carbocycles. The topological polar surface area (TPSA) is 53.0 Å². The van der Waals surface area contributed by atoms with Gasteiger partial charge < -0.3 is 10.7 Å². The maximum absolute atomic E-state index is 10.8. The Morgan fingerprint density at radius 2 is 2.06 bits per heavy atom. The summed E-state index contributed by atoms with van der Waals surface area (Å²) in [5, 5.41) is 11.0. The van der Waals surface area contributed by atoms with Gasteiger partial charge in [-0.25, -0.2) is 0 Å². The molecule has 0 heterocycles. The second kappa shape index (κ2) is 4.38. The van der Waals surface area contributed by atoms with Gasteiger partial charge in [-0.3, -0.25) is 4.79 Å². The van der Waals surface area contributed by atoms with E-state index < -0.39 is 0 Å². The van der Waals surface area contributed by atoms with Crippen molar-refractivity contribution in [2.45, 2.75) is 34.1 Å². The monoisotopic (exact) mass is 246 g/mol. The van der Waals surface area contributed by atoms with Crippen molar-refractivity contribution in [1.82, 2.24) is 5.32 Å². The van der Waals surface area contributed by atoms with E-state index in [-0.39, 0.29) is 17.2 Å². The molecular formula is C15H22N2O. The van der Waals surface area contributed by atoms with Crippen LogP contribution in [-0.2, 0) is 4.79 Å². The Morgan fingerprint density at radius 1 is 1.39 bits per heavy atom.